The van der Waals surface area contributed by atoms with Crippen LogP contribution in [0.2, 0.25) is 6.82 Å². The third kappa shape index (κ3) is 2.07. The summed E-state index contributed by atoms with van der Waals surface area (Å²) >= 11 is 1.58. The van der Waals surface area contributed by atoms with Crippen molar-refractivity contribution < 1.29 is 0 Å². The molecule has 1 rings (SSSR count). The van der Waals surface area contributed by atoms with E-state index in [9.17, 15) is 4.91 Å². The molecule has 12 heavy (non-hydrogen) atoms. The molecule has 0 aromatic carbocycles. The Labute approximate surface area is 76.0 Å². The van der Waals surface area contributed by atoms with E-state index in [1.807, 2.05) is 18.4 Å². The standard InChI is InChI=1S/C7H9BN2OS/c1-8(10-11)6-3-4-7(12-2)9-5-6/h3-5H,1-2H3. The predicted molar refractivity (Wildman–Crippen MR) is 53.1 cm³/mol. The number of hydrogen-bond acceptors (Lipinski definition) is 4. The van der Waals surface area contributed by atoms with Crippen molar-refractivity contribution in [3.8, 4) is 0 Å². The molecular formula is C7H9BN2OS. The summed E-state index contributed by atoms with van der Waals surface area (Å²) in [6, 6.07) is 3.77. The minimum atomic E-state index is -0.298. The molecule has 0 aliphatic rings. The first-order valence-corrected chi connectivity index (χ1v) is 4.83. The topological polar surface area (TPSA) is 42.3 Å². The zero-order valence-corrected chi connectivity index (χ0v) is 7.84. The highest BCUT2D eigenvalue weighted by Gasteiger charge is 2.10. The van der Waals surface area contributed by atoms with E-state index >= 15 is 0 Å². The van der Waals surface area contributed by atoms with Crippen LogP contribution >= 0.6 is 11.8 Å². The lowest BCUT2D eigenvalue weighted by molar-refractivity contribution is 1.15. The molecule has 1 aromatic rings. The minimum absolute atomic E-state index is 0.298. The van der Waals surface area contributed by atoms with Gasteiger partial charge in [0.2, 0.25) is 0 Å². The van der Waals surface area contributed by atoms with Crippen LogP contribution in [0.1, 0.15) is 0 Å². The molecular weight excluding hydrogens is 171 g/mol. The molecule has 5 heteroatoms. The van der Waals surface area contributed by atoms with Crippen molar-refractivity contribution >= 4 is 24.1 Å². The van der Waals surface area contributed by atoms with Gasteiger partial charge < -0.3 is 0 Å². The normalized spacial score (nSPS) is 9.50. The molecule has 0 amide bonds. The molecule has 0 bridgehead atoms. The molecule has 0 saturated carbocycles. The smallest absolute Gasteiger partial charge is 0.250 e. The van der Waals surface area contributed by atoms with E-state index in [1.54, 1.807) is 24.8 Å². The molecule has 62 valence electrons. The van der Waals surface area contributed by atoms with E-state index in [0.717, 1.165) is 10.5 Å². The summed E-state index contributed by atoms with van der Waals surface area (Å²) in [6.07, 6.45) is 3.65. The first-order chi connectivity index (χ1) is 5.77. The molecule has 0 saturated heterocycles. The first kappa shape index (κ1) is 9.25. The van der Waals surface area contributed by atoms with Crippen molar-refractivity contribution in [2.75, 3.05) is 6.26 Å². The average Bonchev–Trinajstić information content (AvgIpc) is 2.17. The molecule has 0 atom stereocenters. The molecule has 3 nitrogen and oxygen atoms in total. The highest BCUT2D eigenvalue weighted by molar-refractivity contribution is 7.98. The molecule has 0 aliphatic heterocycles. The van der Waals surface area contributed by atoms with Crippen molar-refractivity contribution in [1.82, 2.24) is 4.98 Å². The van der Waals surface area contributed by atoms with Gasteiger partial charge in [-0.3, -0.25) is 4.98 Å². The number of nitroso groups, excluding NO2 is 1. The van der Waals surface area contributed by atoms with Crippen LogP contribution in [-0.2, 0) is 0 Å². The predicted octanol–water partition coefficient (Wildman–Crippen LogP) is 1.40. The van der Waals surface area contributed by atoms with E-state index in [1.165, 1.54) is 0 Å². The molecule has 0 radical (unpaired) electrons. The van der Waals surface area contributed by atoms with Crippen LogP contribution in [0.4, 0.5) is 0 Å². The SMILES string of the molecule is CSc1ccc(B(C)N=O)cn1. The van der Waals surface area contributed by atoms with Crippen LogP contribution in [-0.4, -0.2) is 18.1 Å². The number of aromatic nitrogens is 1. The van der Waals surface area contributed by atoms with Crippen LogP contribution in [0.25, 0.3) is 0 Å². The van der Waals surface area contributed by atoms with Crippen molar-refractivity contribution in [2.24, 2.45) is 5.09 Å². The average molecular weight is 180 g/mol. The Kier molecular flexibility index (Phi) is 3.28. The Morgan fingerprint density at radius 1 is 1.58 bits per heavy atom. The maximum absolute atomic E-state index is 10.2. The molecule has 0 aliphatic carbocycles. The van der Waals surface area contributed by atoms with Crippen molar-refractivity contribution in [3.63, 3.8) is 0 Å². The maximum atomic E-state index is 10.2. The molecule has 0 spiro atoms. The summed E-state index contributed by atoms with van der Waals surface area (Å²) in [5.41, 5.74) is 0.864. The number of nitrogens with zero attached hydrogens (tertiary/aromatic N) is 2. The van der Waals surface area contributed by atoms with Crippen molar-refractivity contribution in [2.45, 2.75) is 11.8 Å². The highest BCUT2D eigenvalue weighted by atomic mass is 32.2. The van der Waals surface area contributed by atoms with Crippen LogP contribution in [0.15, 0.2) is 28.4 Å². The molecule has 0 unspecified atom stereocenters. The molecule has 0 N–H and O–H groups in total. The second-order valence-corrected chi connectivity index (χ2v) is 3.24. The summed E-state index contributed by atoms with van der Waals surface area (Å²) in [4.78, 5) is 14.3. The number of pyridine rings is 1. The third-order valence-electron chi connectivity index (χ3n) is 1.61. The van der Waals surface area contributed by atoms with Crippen LogP contribution < -0.4 is 5.46 Å². The lowest BCUT2D eigenvalue weighted by Gasteiger charge is -1.99. The van der Waals surface area contributed by atoms with Gasteiger partial charge in [-0.05, 0) is 17.8 Å². The second kappa shape index (κ2) is 4.26. The molecule has 0 fully saturated rings. The number of hydrogen-bond donors (Lipinski definition) is 0. The van der Waals surface area contributed by atoms with E-state index in [2.05, 4.69) is 10.1 Å². The Morgan fingerprint density at radius 3 is 2.75 bits per heavy atom. The van der Waals surface area contributed by atoms with Gasteiger partial charge in [0.05, 0.1) is 5.03 Å². The minimum Gasteiger partial charge on any atom is -0.250 e. The number of rotatable bonds is 3. The second-order valence-electron chi connectivity index (χ2n) is 2.42. The van der Waals surface area contributed by atoms with Crippen LogP contribution in [0.5, 0.6) is 0 Å². The Morgan fingerprint density at radius 2 is 2.33 bits per heavy atom. The van der Waals surface area contributed by atoms with Crippen molar-refractivity contribution in [1.29, 1.82) is 0 Å². The van der Waals surface area contributed by atoms with E-state index < -0.39 is 0 Å². The van der Waals surface area contributed by atoms with Gasteiger partial charge in [-0.1, -0.05) is 12.9 Å². The Bertz CT molecular complexity index is 265. The van der Waals surface area contributed by atoms with Gasteiger partial charge in [0.25, 0.3) is 0 Å². The van der Waals surface area contributed by atoms with E-state index in [4.69, 9.17) is 0 Å². The Hall–Kier alpha value is -0.835. The largest absolute Gasteiger partial charge is 0.368 e. The summed E-state index contributed by atoms with van der Waals surface area (Å²) in [6.45, 7) is 1.45. The van der Waals surface area contributed by atoms with Crippen LogP contribution in [0.3, 0.4) is 0 Å². The third-order valence-corrected chi connectivity index (χ3v) is 2.27. The summed E-state index contributed by atoms with van der Waals surface area (Å²) in [5, 5.41) is 3.87. The van der Waals surface area contributed by atoms with E-state index in [-0.39, 0.29) is 6.85 Å². The zero-order chi connectivity index (χ0) is 8.97. The fraction of sp³-hybridized carbons (Fsp3) is 0.286. The lowest BCUT2D eigenvalue weighted by atomic mass is 9.61. The monoisotopic (exact) mass is 180 g/mol. The van der Waals surface area contributed by atoms with Gasteiger partial charge in [-0.25, -0.2) is 0 Å². The van der Waals surface area contributed by atoms with Gasteiger partial charge in [-0.2, -0.15) is 4.91 Å². The lowest BCUT2D eigenvalue weighted by Crippen LogP contribution is -2.24. The Balaban J connectivity index is 2.84. The van der Waals surface area contributed by atoms with Crippen LogP contribution in [0, 0.1) is 4.91 Å². The van der Waals surface area contributed by atoms with Gasteiger partial charge >= 0.3 is 6.85 Å². The fourth-order valence-electron chi connectivity index (χ4n) is 0.820. The molecule has 1 heterocycles. The summed E-state index contributed by atoms with van der Waals surface area (Å²) < 4.78 is 0. The summed E-state index contributed by atoms with van der Waals surface area (Å²) in [5.74, 6) is 0. The fourth-order valence-corrected chi connectivity index (χ4v) is 1.18. The first-order valence-electron chi connectivity index (χ1n) is 3.60. The van der Waals surface area contributed by atoms with Gasteiger partial charge in [0, 0.05) is 6.20 Å². The van der Waals surface area contributed by atoms with E-state index in [0.29, 0.717) is 0 Å². The quantitative estimate of drug-likeness (QED) is 0.401. The van der Waals surface area contributed by atoms with Crippen molar-refractivity contribution in [3.05, 3.63) is 23.2 Å². The highest BCUT2D eigenvalue weighted by Crippen LogP contribution is 2.07. The van der Waals surface area contributed by atoms with Gasteiger partial charge in [-0.15, -0.1) is 16.8 Å². The number of thioether (sulfide) groups is 1. The maximum Gasteiger partial charge on any atom is 0.368 e. The zero-order valence-electron chi connectivity index (χ0n) is 7.02. The van der Waals surface area contributed by atoms with Gasteiger partial charge in [0.1, 0.15) is 0 Å². The summed E-state index contributed by atoms with van der Waals surface area (Å²) in [7, 11) is 0. The molecule has 1 aromatic heterocycles. The van der Waals surface area contributed by atoms with Gasteiger partial charge in [0.15, 0.2) is 0 Å².